The number of methoxy groups -OCH3 is 2. The van der Waals surface area contributed by atoms with E-state index in [2.05, 4.69) is 15.6 Å². The maximum absolute atomic E-state index is 13.3. The molecule has 11 heteroatoms. The van der Waals surface area contributed by atoms with Gasteiger partial charge in [-0.15, -0.1) is 0 Å². The second-order valence-corrected chi connectivity index (χ2v) is 8.36. The monoisotopic (exact) mass is 530 g/mol. The van der Waals surface area contributed by atoms with Crippen molar-refractivity contribution < 1.29 is 33.3 Å². The number of aromatic nitrogens is 1. The lowest BCUT2D eigenvalue weighted by Gasteiger charge is -2.32. The summed E-state index contributed by atoms with van der Waals surface area (Å²) in [7, 11) is 3.09. The van der Waals surface area contributed by atoms with E-state index in [1.54, 1.807) is 62.9 Å². The first-order valence-corrected chi connectivity index (χ1v) is 11.7. The van der Waals surface area contributed by atoms with Gasteiger partial charge in [0.25, 0.3) is 11.8 Å². The van der Waals surface area contributed by atoms with Crippen LogP contribution in [0.1, 0.15) is 0 Å². The molecular formula is C28H23FN4O6. The van der Waals surface area contributed by atoms with Crippen LogP contribution in [0.25, 0.3) is 10.9 Å². The summed E-state index contributed by atoms with van der Waals surface area (Å²) < 4.78 is 30.1. The van der Waals surface area contributed by atoms with Crippen molar-refractivity contribution in [1.29, 1.82) is 0 Å². The Morgan fingerprint density at radius 3 is 2.38 bits per heavy atom. The molecule has 1 aliphatic heterocycles. The topological polar surface area (TPSA) is 122 Å². The number of carbonyl (C=O) groups is 2. The molecule has 0 saturated carbocycles. The summed E-state index contributed by atoms with van der Waals surface area (Å²) in [6.07, 6.45) is 1.34. The van der Waals surface area contributed by atoms with Gasteiger partial charge in [-0.3, -0.25) is 19.5 Å². The highest BCUT2D eigenvalue weighted by Gasteiger charge is 2.33. The number of anilines is 2. The van der Waals surface area contributed by atoms with Gasteiger partial charge in [-0.25, -0.2) is 4.39 Å². The molecule has 2 amide bonds. The molecule has 0 radical (unpaired) electrons. The number of aliphatic hydroxyl groups is 1. The number of nitrogens with one attached hydrogen (secondary N) is 2. The van der Waals surface area contributed by atoms with Crippen LogP contribution < -0.4 is 29.7 Å². The smallest absolute Gasteiger partial charge is 0.268 e. The van der Waals surface area contributed by atoms with Crippen LogP contribution in [0.5, 0.6) is 23.0 Å². The molecule has 3 N–H and O–H groups in total. The number of pyridine rings is 1. The lowest BCUT2D eigenvalue weighted by molar-refractivity contribution is -0.122. The van der Waals surface area contributed by atoms with E-state index < -0.39 is 24.0 Å². The maximum Gasteiger partial charge on any atom is 0.268 e. The Balaban J connectivity index is 1.30. The van der Waals surface area contributed by atoms with Crippen molar-refractivity contribution in [2.75, 3.05) is 24.4 Å². The Labute approximate surface area is 222 Å². The highest BCUT2D eigenvalue weighted by molar-refractivity contribution is 6.27. The molecule has 0 fully saturated rings. The molecule has 1 aromatic heterocycles. The fourth-order valence-electron chi connectivity index (χ4n) is 4.03. The minimum absolute atomic E-state index is 0.223. The van der Waals surface area contributed by atoms with E-state index in [1.165, 1.54) is 12.1 Å². The van der Waals surface area contributed by atoms with Crippen LogP contribution in [-0.4, -0.2) is 42.5 Å². The van der Waals surface area contributed by atoms with Crippen molar-refractivity contribution in [3.63, 3.8) is 0 Å². The first kappa shape index (κ1) is 25.5. The molecule has 3 aromatic carbocycles. The third-order valence-electron chi connectivity index (χ3n) is 5.97. The van der Waals surface area contributed by atoms with Gasteiger partial charge in [-0.2, -0.15) is 0 Å². The summed E-state index contributed by atoms with van der Waals surface area (Å²) in [5, 5.41) is 16.2. The number of halogens is 1. The number of hydrogen-bond donors (Lipinski definition) is 3. The van der Waals surface area contributed by atoms with Gasteiger partial charge in [0.05, 0.1) is 19.7 Å². The summed E-state index contributed by atoms with van der Waals surface area (Å²) in [6, 6.07) is 16.8. The number of fused-ring (bicyclic) bond motifs is 1. The van der Waals surface area contributed by atoms with E-state index in [9.17, 15) is 19.1 Å². The summed E-state index contributed by atoms with van der Waals surface area (Å²) in [5.41, 5.74) is 1.05. The lowest BCUT2D eigenvalue weighted by atomic mass is 10.1. The predicted molar refractivity (Wildman–Crippen MR) is 141 cm³/mol. The molecular weight excluding hydrogens is 507 g/mol. The number of carbonyl (C=O) groups excluding carboxylic acids is 2. The van der Waals surface area contributed by atoms with E-state index >= 15 is 0 Å². The number of amides is 2. The Hall–Kier alpha value is -5.16. The number of nitrogens with zero attached hydrogens (tertiary/aromatic N) is 2. The van der Waals surface area contributed by atoms with Crippen LogP contribution in [0, 0.1) is 5.82 Å². The molecule has 2 heterocycles. The Bertz CT molecular complexity index is 1570. The first-order chi connectivity index (χ1) is 18.9. The van der Waals surface area contributed by atoms with Gasteiger partial charge in [-0.1, -0.05) is 0 Å². The van der Waals surface area contributed by atoms with Crippen LogP contribution in [0.2, 0.25) is 0 Å². The largest absolute Gasteiger partial charge is 0.493 e. The second-order valence-electron chi connectivity index (χ2n) is 8.36. The molecule has 5 rings (SSSR count). The predicted octanol–water partition coefficient (Wildman–Crippen LogP) is 3.92. The molecule has 1 unspecified atom stereocenters. The molecule has 1 atom stereocenters. The van der Waals surface area contributed by atoms with Crippen LogP contribution in [0.15, 0.2) is 84.7 Å². The fourth-order valence-corrected chi connectivity index (χ4v) is 4.03. The van der Waals surface area contributed by atoms with Gasteiger partial charge in [0.15, 0.2) is 11.5 Å². The normalized spacial score (nSPS) is 14.9. The van der Waals surface area contributed by atoms with Crippen molar-refractivity contribution in [2.24, 2.45) is 0 Å². The minimum atomic E-state index is -1.42. The van der Waals surface area contributed by atoms with Gasteiger partial charge >= 0.3 is 0 Å². The molecule has 4 aromatic rings. The molecule has 0 bridgehead atoms. The maximum atomic E-state index is 13.3. The molecule has 0 spiro atoms. The number of ether oxygens (including phenoxy) is 3. The number of aliphatic hydroxyl groups excluding tert-OH is 1. The van der Waals surface area contributed by atoms with Crippen LogP contribution in [-0.2, 0) is 9.59 Å². The summed E-state index contributed by atoms with van der Waals surface area (Å²) >= 11 is 0. The van der Waals surface area contributed by atoms with E-state index in [0.29, 0.717) is 34.2 Å². The first-order valence-electron chi connectivity index (χ1n) is 11.7. The van der Waals surface area contributed by atoms with E-state index in [1.807, 2.05) is 0 Å². The average Bonchev–Trinajstić information content (AvgIpc) is 2.94. The number of hydrogen-bond acceptors (Lipinski definition) is 8. The average molecular weight is 531 g/mol. The minimum Gasteiger partial charge on any atom is -0.493 e. The highest BCUT2D eigenvalue weighted by atomic mass is 19.1. The Morgan fingerprint density at radius 2 is 1.69 bits per heavy atom. The van der Waals surface area contributed by atoms with Gasteiger partial charge < -0.3 is 30.0 Å². The zero-order chi connectivity index (χ0) is 27.5. The Kier molecular flexibility index (Phi) is 6.98. The zero-order valence-corrected chi connectivity index (χ0v) is 20.8. The molecule has 10 nitrogen and oxygen atoms in total. The standard InChI is InChI=1S/C28H23FN4O6/c1-37-24-13-20-22(14-25(24)38-2)30-12-11-23(20)39-19-9-5-17(6-10-19)32-26(34)21-15-31-28(36)33(27(21)35)18-7-3-16(29)4-8-18/h3-15,28,31,36H,1-2H3,(H,32,34). The SMILES string of the molecule is COc1cc2nccc(Oc3ccc(NC(=O)C4=CNC(O)N(c5ccc(F)cc5)C4=O)cc3)c2cc1OC. The van der Waals surface area contributed by atoms with Crippen LogP contribution >= 0.6 is 0 Å². The second kappa shape index (κ2) is 10.7. The van der Waals surface area contributed by atoms with E-state index in [4.69, 9.17) is 14.2 Å². The van der Waals surface area contributed by atoms with Crippen molar-refractivity contribution in [3.05, 3.63) is 90.5 Å². The molecule has 0 aliphatic carbocycles. The fraction of sp³-hybridized carbons (Fsp3) is 0.107. The van der Waals surface area contributed by atoms with Gasteiger partial charge in [0.1, 0.15) is 22.9 Å². The zero-order valence-electron chi connectivity index (χ0n) is 20.8. The van der Waals surface area contributed by atoms with E-state index in [0.717, 1.165) is 28.6 Å². The van der Waals surface area contributed by atoms with Gasteiger partial charge in [0, 0.05) is 35.2 Å². The lowest BCUT2D eigenvalue weighted by Crippen LogP contribution is -2.53. The van der Waals surface area contributed by atoms with E-state index in [-0.39, 0.29) is 11.3 Å². The molecule has 39 heavy (non-hydrogen) atoms. The summed E-state index contributed by atoms with van der Waals surface area (Å²) in [6.45, 7) is 0. The number of rotatable bonds is 7. The van der Waals surface area contributed by atoms with Crippen molar-refractivity contribution in [2.45, 2.75) is 6.35 Å². The number of benzene rings is 3. The molecule has 1 aliphatic rings. The molecule has 0 saturated heterocycles. The molecule has 198 valence electrons. The van der Waals surface area contributed by atoms with Crippen molar-refractivity contribution in [3.8, 4) is 23.0 Å². The van der Waals surface area contributed by atoms with Crippen LogP contribution in [0.4, 0.5) is 15.8 Å². The van der Waals surface area contributed by atoms with Crippen molar-refractivity contribution >= 4 is 34.1 Å². The highest BCUT2D eigenvalue weighted by Crippen LogP contribution is 2.37. The summed E-state index contributed by atoms with van der Waals surface area (Å²) in [4.78, 5) is 31.2. The third-order valence-corrected chi connectivity index (χ3v) is 5.97. The summed E-state index contributed by atoms with van der Waals surface area (Å²) in [5.74, 6) is 0.183. The van der Waals surface area contributed by atoms with Crippen molar-refractivity contribution in [1.82, 2.24) is 10.3 Å². The van der Waals surface area contributed by atoms with Gasteiger partial charge in [-0.05, 0) is 60.7 Å². The Morgan fingerprint density at radius 1 is 1.00 bits per heavy atom. The van der Waals surface area contributed by atoms with Crippen LogP contribution in [0.3, 0.4) is 0 Å². The third kappa shape index (κ3) is 5.15. The quantitative estimate of drug-likeness (QED) is 0.308. The van der Waals surface area contributed by atoms with Gasteiger partial charge in [0.2, 0.25) is 6.35 Å².